The summed E-state index contributed by atoms with van der Waals surface area (Å²) in [6.45, 7) is 24.0. The molecule has 53 heavy (non-hydrogen) atoms. The average molecular weight is 890 g/mol. The number of rotatable bonds is 5. The zero-order valence-corrected chi connectivity index (χ0v) is 35.2. The van der Waals surface area contributed by atoms with E-state index in [0.29, 0.717) is 11.5 Å². The van der Waals surface area contributed by atoms with Crippen LogP contribution in [0, 0.1) is 53.1 Å². The van der Waals surface area contributed by atoms with Gasteiger partial charge in [-0.2, -0.15) is 36.3 Å². The molecule has 0 amide bonds. The molecule has 0 saturated heterocycles. The number of hydrogen-bond donors (Lipinski definition) is 0. The number of furan rings is 1. The van der Waals surface area contributed by atoms with Crippen molar-refractivity contribution in [3.8, 4) is 39.7 Å². The Morgan fingerprint density at radius 1 is 0.698 bits per heavy atom. The fourth-order valence-electron chi connectivity index (χ4n) is 6.94. The molecule has 0 saturated carbocycles. The van der Waals surface area contributed by atoms with Gasteiger partial charge < -0.3 is 13.6 Å². The van der Waals surface area contributed by atoms with Gasteiger partial charge in [0.2, 0.25) is 0 Å². The summed E-state index contributed by atoms with van der Waals surface area (Å²) in [5.41, 5.74) is 14.4. The third-order valence-electron chi connectivity index (χ3n) is 9.81. The van der Waals surface area contributed by atoms with Crippen molar-refractivity contribution in [2.75, 3.05) is 0 Å². The average Bonchev–Trinajstić information content (AvgIpc) is 3.48. The Morgan fingerprint density at radius 2 is 1.40 bits per heavy atom. The summed E-state index contributed by atoms with van der Waals surface area (Å²) in [5.74, 6) is 0.425. The van der Waals surface area contributed by atoms with Crippen LogP contribution in [0.3, 0.4) is 0 Å². The second-order valence-corrected chi connectivity index (χ2v) is 20.1. The van der Waals surface area contributed by atoms with Crippen LogP contribution in [0.4, 0.5) is 0 Å². The monoisotopic (exact) mass is 890 g/mol. The molecule has 0 bridgehead atoms. The number of benzene rings is 4. The quantitative estimate of drug-likeness (QED) is 0.0982. The van der Waals surface area contributed by atoms with Gasteiger partial charge in [-0.3, -0.25) is 0 Å². The molecule has 4 aromatic carbocycles. The molecule has 3 heterocycles. The first-order valence-corrected chi connectivity index (χ1v) is 21.2. The van der Waals surface area contributed by atoms with Crippen LogP contribution in [-0.2, 0) is 20.1 Å². The molecule has 271 valence electrons. The van der Waals surface area contributed by atoms with Crippen molar-refractivity contribution in [3.05, 3.63) is 165 Å². The largest absolute Gasteiger partial charge is 0.469 e. The van der Waals surface area contributed by atoms with Gasteiger partial charge in [0, 0.05) is 45.0 Å². The second kappa shape index (κ2) is 15.4. The Bertz CT molecular complexity index is 2500. The van der Waals surface area contributed by atoms with Gasteiger partial charge >= 0.3 is 0 Å². The molecule has 0 aliphatic heterocycles. The molecule has 6 heteroatoms. The van der Waals surface area contributed by atoms with Gasteiger partial charge in [0.05, 0.1) is 43.5 Å². The molecule has 7 rings (SSSR count). The van der Waals surface area contributed by atoms with Crippen LogP contribution in [0.5, 0.6) is 0 Å². The second-order valence-electron chi connectivity index (χ2n) is 15.0. The van der Waals surface area contributed by atoms with Crippen LogP contribution in [0.2, 0.25) is 19.6 Å². The van der Waals surface area contributed by atoms with Gasteiger partial charge in [0.25, 0.3) is 0 Å². The van der Waals surface area contributed by atoms with E-state index in [2.05, 4.69) is 160 Å². The van der Waals surface area contributed by atoms with E-state index in [0.717, 1.165) is 61.1 Å². The maximum atomic E-state index is 8.91. The van der Waals surface area contributed by atoms with Crippen molar-refractivity contribution in [2.45, 2.75) is 53.3 Å². The number of nitriles is 1. The summed E-state index contributed by atoms with van der Waals surface area (Å²) in [7, 11) is 7.04. The Morgan fingerprint density at radius 3 is 2.02 bits per heavy atom. The van der Waals surface area contributed by atoms with Crippen molar-refractivity contribution in [2.24, 2.45) is 0 Å². The summed E-state index contributed by atoms with van der Waals surface area (Å²) in [4.78, 5) is 0. The molecule has 0 unspecified atom stereocenters. The molecule has 0 fully saturated rings. The molecule has 3 aromatic heterocycles. The van der Waals surface area contributed by atoms with E-state index in [1.165, 1.54) is 27.4 Å². The first kappa shape index (κ1) is 39.0. The Balaban J connectivity index is 0.000000223. The van der Waals surface area contributed by atoms with Gasteiger partial charge in [-0.15, -0.1) is 23.8 Å². The standard InChI is InChI=1S/C30H28NO.C17H19N2Si.Ir/c1-18(2)25-16-27(31(6)17-21(25)5)28-19(3)12-13-24-26-15-23(22-10-8-7-9-11-22)14-20(4)29(26)32-30(24)28;1-13-10-14(11-18)6-8-16(13)17-9-7-15(12-19(17)2)20(3,4)5;/h7-18H,3,6H2,1-2,4-5H3;6-10,12H,1-2H2,3-5H3;/q2*-1;. The van der Waals surface area contributed by atoms with Crippen LogP contribution in [0.25, 0.3) is 55.6 Å². The summed E-state index contributed by atoms with van der Waals surface area (Å²) in [5, 5.41) is 12.5. The van der Waals surface area contributed by atoms with Crippen LogP contribution in [-0.4, -0.2) is 8.07 Å². The molecule has 0 atom stereocenters. The first-order chi connectivity index (χ1) is 24.7. The van der Waals surface area contributed by atoms with Gasteiger partial charge in [0.15, 0.2) is 0 Å². The predicted molar refractivity (Wildman–Crippen MR) is 219 cm³/mol. The maximum Gasteiger partial charge on any atom is 0.136 e. The van der Waals surface area contributed by atoms with Gasteiger partial charge in [-0.25, -0.2) is 0 Å². The molecular formula is C47H47IrN3OSi-2. The molecule has 7 aromatic rings. The molecule has 4 nitrogen and oxygen atoms in total. The summed E-state index contributed by atoms with van der Waals surface area (Å²) < 4.78 is 10.4. The van der Waals surface area contributed by atoms with E-state index >= 15 is 0 Å². The molecule has 0 aliphatic carbocycles. The number of fused-ring (bicyclic) bond motifs is 3. The van der Waals surface area contributed by atoms with Gasteiger partial charge in [-0.1, -0.05) is 104 Å². The van der Waals surface area contributed by atoms with Crippen molar-refractivity contribution in [3.63, 3.8) is 0 Å². The number of aryl methyl sites for hydroxylation is 2. The van der Waals surface area contributed by atoms with Crippen molar-refractivity contribution >= 4 is 35.2 Å². The summed E-state index contributed by atoms with van der Waals surface area (Å²) in [6.07, 6.45) is 4.21. The van der Waals surface area contributed by atoms with E-state index in [9.17, 15) is 0 Å². The molecule has 0 N–H and O–H groups in total. The van der Waals surface area contributed by atoms with Crippen LogP contribution < -0.4 is 14.3 Å². The summed E-state index contributed by atoms with van der Waals surface area (Å²) >= 11 is 0. The maximum absolute atomic E-state index is 8.91. The van der Waals surface area contributed by atoms with Crippen LogP contribution >= 0.6 is 0 Å². The van der Waals surface area contributed by atoms with E-state index in [1.54, 1.807) is 0 Å². The number of aromatic nitrogens is 2. The van der Waals surface area contributed by atoms with E-state index in [-0.39, 0.29) is 20.1 Å². The minimum Gasteiger partial charge on any atom is -0.469 e. The fourth-order valence-corrected chi connectivity index (χ4v) is 8.06. The van der Waals surface area contributed by atoms with Crippen molar-refractivity contribution < 1.29 is 33.7 Å². The van der Waals surface area contributed by atoms with Crippen LogP contribution in [0.1, 0.15) is 53.1 Å². The molecule has 0 spiro atoms. The van der Waals surface area contributed by atoms with Gasteiger partial charge in [-0.05, 0) is 59.7 Å². The minimum atomic E-state index is -1.34. The van der Waals surface area contributed by atoms with E-state index in [1.807, 2.05) is 33.4 Å². The van der Waals surface area contributed by atoms with Gasteiger partial charge in [0.1, 0.15) is 5.58 Å². The Kier molecular flexibility index (Phi) is 11.4. The smallest absolute Gasteiger partial charge is 0.136 e. The zero-order chi connectivity index (χ0) is 37.5. The molecule has 0 aliphatic rings. The zero-order valence-electron chi connectivity index (χ0n) is 31.8. The van der Waals surface area contributed by atoms with Crippen molar-refractivity contribution in [1.82, 2.24) is 0 Å². The normalized spacial score (nSPS) is 11.2. The van der Waals surface area contributed by atoms with E-state index in [4.69, 9.17) is 9.68 Å². The third kappa shape index (κ3) is 7.80. The fraction of sp³-hybridized carbons (Fsp3) is 0.170. The molecular weight excluding hydrogens is 843 g/mol. The van der Waals surface area contributed by atoms with E-state index < -0.39 is 8.07 Å². The number of hydrogen-bond acceptors (Lipinski definition) is 2. The topological polar surface area (TPSA) is 44.7 Å². The third-order valence-corrected chi connectivity index (χ3v) is 11.8. The Hall–Kier alpha value is -5.18. The summed E-state index contributed by atoms with van der Waals surface area (Å²) in [6, 6.07) is 33.4. The predicted octanol–water partition coefficient (Wildman–Crippen LogP) is 10.6. The first-order valence-electron chi connectivity index (χ1n) is 17.7. The number of pyridine rings is 2. The minimum absolute atomic E-state index is 0. The van der Waals surface area contributed by atoms with Crippen LogP contribution in [0.15, 0.2) is 108 Å². The number of nitrogens with zero attached hydrogens (tertiary/aromatic N) is 3. The Labute approximate surface area is 330 Å². The van der Waals surface area contributed by atoms with Crippen molar-refractivity contribution in [1.29, 1.82) is 5.26 Å². The molecule has 1 radical (unpaired) electrons. The SMILES string of the molecule is [CH2-]c1cc(C#N)ccc1-c1ccc([Si](C)(C)C)c[n+]1[CH2-].[CH2-]c1ccc2c(oc3c(C)cc(-c4ccccc4)cc32)c1-c1cc(C(C)C)c(C)c[n+]1[CH2-].[Ir].